The molecule has 0 fully saturated rings. The van der Waals surface area contributed by atoms with Gasteiger partial charge in [-0.05, 0) is 24.6 Å². The molecule has 2 rings (SSSR count). The van der Waals surface area contributed by atoms with Crippen LogP contribution < -0.4 is 5.32 Å². The standard InChI is InChI=1S/C16H19N3O4/c1-10-13(14(16(22)23-3)18-19(10)2)9-17-8-11-4-6-12(7-5-11)15(20)21/h4-7,17H,8-9H2,1-3H3,(H,20,21). The Morgan fingerprint density at radius 2 is 1.91 bits per heavy atom. The minimum Gasteiger partial charge on any atom is -0.478 e. The topological polar surface area (TPSA) is 93.5 Å². The number of aryl methyl sites for hydroxylation is 1. The lowest BCUT2D eigenvalue weighted by molar-refractivity contribution is 0.0591. The second kappa shape index (κ2) is 7.06. The SMILES string of the molecule is COC(=O)c1nn(C)c(C)c1CNCc1ccc(C(=O)O)cc1. The van der Waals surface area contributed by atoms with Gasteiger partial charge in [0.15, 0.2) is 5.69 Å². The number of hydrogen-bond donors (Lipinski definition) is 2. The van der Waals surface area contributed by atoms with Crippen molar-refractivity contribution in [1.29, 1.82) is 0 Å². The molecule has 0 unspecified atom stereocenters. The first-order valence-corrected chi connectivity index (χ1v) is 7.07. The summed E-state index contributed by atoms with van der Waals surface area (Å²) >= 11 is 0. The van der Waals surface area contributed by atoms with Crippen molar-refractivity contribution in [3.63, 3.8) is 0 Å². The van der Waals surface area contributed by atoms with Gasteiger partial charge < -0.3 is 15.2 Å². The van der Waals surface area contributed by atoms with Gasteiger partial charge in [-0.1, -0.05) is 12.1 Å². The van der Waals surface area contributed by atoms with Crippen LogP contribution in [0.25, 0.3) is 0 Å². The average Bonchev–Trinajstić information content (AvgIpc) is 2.83. The molecular formula is C16H19N3O4. The molecule has 0 aliphatic rings. The number of aromatic carboxylic acids is 1. The highest BCUT2D eigenvalue weighted by Gasteiger charge is 2.19. The Kier molecular flexibility index (Phi) is 5.13. The van der Waals surface area contributed by atoms with E-state index in [1.807, 2.05) is 6.92 Å². The molecule has 0 bridgehead atoms. The quantitative estimate of drug-likeness (QED) is 0.784. The van der Waals surface area contributed by atoms with Crippen LogP contribution in [-0.2, 0) is 24.9 Å². The minimum absolute atomic E-state index is 0.254. The molecule has 0 saturated carbocycles. The van der Waals surface area contributed by atoms with E-state index >= 15 is 0 Å². The second-order valence-corrected chi connectivity index (χ2v) is 5.13. The number of esters is 1. The van der Waals surface area contributed by atoms with Crippen LogP contribution in [0.15, 0.2) is 24.3 Å². The zero-order chi connectivity index (χ0) is 17.0. The lowest BCUT2D eigenvalue weighted by Crippen LogP contribution is -2.16. The summed E-state index contributed by atoms with van der Waals surface area (Å²) in [5.74, 6) is -1.41. The van der Waals surface area contributed by atoms with Crippen molar-refractivity contribution in [2.24, 2.45) is 7.05 Å². The molecule has 7 nitrogen and oxygen atoms in total. The molecule has 0 radical (unpaired) electrons. The second-order valence-electron chi connectivity index (χ2n) is 5.13. The Bertz CT molecular complexity index is 720. The summed E-state index contributed by atoms with van der Waals surface area (Å²) in [6.07, 6.45) is 0. The van der Waals surface area contributed by atoms with Gasteiger partial charge in [0, 0.05) is 31.4 Å². The number of methoxy groups -OCH3 is 1. The van der Waals surface area contributed by atoms with Crippen LogP contribution in [0.3, 0.4) is 0 Å². The van der Waals surface area contributed by atoms with E-state index in [4.69, 9.17) is 9.84 Å². The molecule has 1 heterocycles. The Balaban J connectivity index is 2.04. The number of hydrogen-bond acceptors (Lipinski definition) is 5. The van der Waals surface area contributed by atoms with Gasteiger partial charge in [0.05, 0.1) is 12.7 Å². The number of nitrogens with one attached hydrogen (secondary N) is 1. The van der Waals surface area contributed by atoms with E-state index in [0.717, 1.165) is 16.8 Å². The molecule has 0 spiro atoms. The molecule has 0 atom stereocenters. The smallest absolute Gasteiger partial charge is 0.358 e. The number of carbonyl (C=O) groups excluding carboxylic acids is 1. The van der Waals surface area contributed by atoms with Crippen molar-refractivity contribution in [2.75, 3.05) is 7.11 Å². The summed E-state index contributed by atoms with van der Waals surface area (Å²) in [7, 11) is 3.10. The number of carboxylic acids is 1. The van der Waals surface area contributed by atoms with E-state index in [1.54, 1.807) is 36.0 Å². The van der Waals surface area contributed by atoms with Crippen molar-refractivity contribution in [1.82, 2.24) is 15.1 Å². The maximum absolute atomic E-state index is 11.8. The molecule has 7 heteroatoms. The van der Waals surface area contributed by atoms with Gasteiger partial charge in [-0.3, -0.25) is 4.68 Å². The van der Waals surface area contributed by atoms with Gasteiger partial charge >= 0.3 is 11.9 Å². The number of carboxylic acid groups (broad SMARTS) is 1. The zero-order valence-electron chi connectivity index (χ0n) is 13.3. The largest absolute Gasteiger partial charge is 0.478 e. The van der Waals surface area contributed by atoms with Gasteiger partial charge in [-0.25, -0.2) is 9.59 Å². The summed E-state index contributed by atoms with van der Waals surface area (Å²) < 4.78 is 6.39. The predicted octanol–water partition coefficient (Wildman–Crippen LogP) is 1.50. The number of aromatic nitrogens is 2. The molecule has 2 aromatic rings. The lowest BCUT2D eigenvalue weighted by atomic mass is 10.1. The summed E-state index contributed by atoms with van der Waals surface area (Å²) in [6.45, 7) is 2.90. The van der Waals surface area contributed by atoms with E-state index in [-0.39, 0.29) is 5.56 Å². The van der Waals surface area contributed by atoms with Crippen LogP contribution in [0.2, 0.25) is 0 Å². The van der Waals surface area contributed by atoms with Gasteiger partial charge in [-0.2, -0.15) is 5.10 Å². The molecular weight excluding hydrogens is 298 g/mol. The Morgan fingerprint density at radius 1 is 1.26 bits per heavy atom. The van der Waals surface area contributed by atoms with Crippen molar-refractivity contribution >= 4 is 11.9 Å². The number of carbonyl (C=O) groups is 2. The van der Waals surface area contributed by atoms with E-state index in [9.17, 15) is 9.59 Å². The summed E-state index contributed by atoms with van der Waals surface area (Å²) in [6, 6.07) is 6.64. The highest BCUT2D eigenvalue weighted by atomic mass is 16.5. The molecule has 0 aliphatic carbocycles. The van der Waals surface area contributed by atoms with E-state index in [2.05, 4.69) is 10.4 Å². The van der Waals surface area contributed by atoms with Gasteiger partial charge in [0.1, 0.15) is 0 Å². The maximum Gasteiger partial charge on any atom is 0.358 e. The van der Waals surface area contributed by atoms with Crippen LogP contribution in [0.5, 0.6) is 0 Å². The average molecular weight is 317 g/mol. The molecule has 0 saturated heterocycles. The normalized spacial score (nSPS) is 10.6. The number of rotatable bonds is 6. The first-order chi connectivity index (χ1) is 10.9. The van der Waals surface area contributed by atoms with Crippen LogP contribution in [0, 0.1) is 6.92 Å². The van der Waals surface area contributed by atoms with Crippen molar-refractivity contribution in [3.05, 3.63) is 52.3 Å². The fourth-order valence-electron chi connectivity index (χ4n) is 2.22. The minimum atomic E-state index is -0.946. The molecule has 1 aromatic carbocycles. The molecule has 1 aromatic heterocycles. The summed E-state index contributed by atoms with van der Waals surface area (Å²) in [5, 5.41) is 16.3. The Hall–Kier alpha value is -2.67. The first-order valence-electron chi connectivity index (χ1n) is 7.07. The third kappa shape index (κ3) is 3.75. The Labute approximate surface area is 133 Å². The highest BCUT2D eigenvalue weighted by molar-refractivity contribution is 5.89. The number of ether oxygens (including phenoxy) is 1. The first kappa shape index (κ1) is 16.7. The van der Waals surface area contributed by atoms with Crippen LogP contribution in [0.1, 0.15) is 37.7 Å². The van der Waals surface area contributed by atoms with E-state index in [0.29, 0.717) is 18.8 Å². The van der Waals surface area contributed by atoms with E-state index in [1.165, 1.54) is 7.11 Å². The summed E-state index contributed by atoms with van der Waals surface area (Å²) in [4.78, 5) is 22.6. The Morgan fingerprint density at radius 3 is 2.48 bits per heavy atom. The van der Waals surface area contributed by atoms with Crippen molar-refractivity contribution in [2.45, 2.75) is 20.0 Å². The van der Waals surface area contributed by atoms with Crippen LogP contribution in [-0.4, -0.2) is 33.9 Å². The fraction of sp³-hybridized carbons (Fsp3) is 0.312. The fourth-order valence-corrected chi connectivity index (χ4v) is 2.22. The van der Waals surface area contributed by atoms with Gasteiger partial charge in [-0.15, -0.1) is 0 Å². The maximum atomic E-state index is 11.8. The molecule has 0 aliphatic heterocycles. The third-order valence-corrected chi connectivity index (χ3v) is 3.67. The zero-order valence-corrected chi connectivity index (χ0v) is 13.3. The highest BCUT2D eigenvalue weighted by Crippen LogP contribution is 2.14. The van der Waals surface area contributed by atoms with Crippen LogP contribution >= 0.6 is 0 Å². The molecule has 122 valence electrons. The van der Waals surface area contributed by atoms with Crippen molar-refractivity contribution < 1.29 is 19.4 Å². The van der Waals surface area contributed by atoms with Crippen LogP contribution in [0.4, 0.5) is 0 Å². The number of benzene rings is 1. The summed E-state index contributed by atoms with van der Waals surface area (Å²) in [5.41, 5.74) is 3.20. The molecule has 0 amide bonds. The van der Waals surface area contributed by atoms with Gasteiger partial charge in [0.25, 0.3) is 0 Å². The molecule has 2 N–H and O–H groups in total. The lowest BCUT2D eigenvalue weighted by Gasteiger charge is -2.07. The van der Waals surface area contributed by atoms with E-state index < -0.39 is 11.9 Å². The number of nitrogens with zero attached hydrogens (tertiary/aromatic N) is 2. The monoisotopic (exact) mass is 317 g/mol. The molecule has 23 heavy (non-hydrogen) atoms. The third-order valence-electron chi connectivity index (χ3n) is 3.67. The van der Waals surface area contributed by atoms with Crippen molar-refractivity contribution in [3.8, 4) is 0 Å². The predicted molar refractivity (Wildman–Crippen MR) is 83.2 cm³/mol. The van der Waals surface area contributed by atoms with Gasteiger partial charge in [0.2, 0.25) is 0 Å².